The van der Waals surface area contributed by atoms with Crippen LogP contribution in [0.4, 0.5) is 5.95 Å². The Bertz CT molecular complexity index is 572. The Labute approximate surface area is 144 Å². The Morgan fingerprint density at radius 2 is 2.17 bits per heavy atom. The molecule has 0 saturated carbocycles. The minimum absolute atomic E-state index is 0.142. The van der Waals surface area contributed by atoms with E-state index in [1.807, 2.05) is 6.92 Å². The summed E-state index contributed by atoms with van der Waals surface area (Å²) in [5.41, 5.74) is 2.65. The lowest BCUT2D eigenvalue weighted by Crippen LogP contribution is -2.26. The van der Waals surface area contributed by atoms with Gasteiger partial charge in [-0.05, 0) is 51.5 Å². The molecule has 0 spiro atoms. The first kappa shape index (κ1) is 18.4. The maximum Gasteiger partial charge on any atom is 0.270 e. The largest absolute Gasteiger partial charge is 0.385 e. The van der Waals surface area contributed by atoms with Gasteiger partial charge in [-0.2, -0.15) is 0 Å². The first-order chi connectivity index (χ1) is 11.7. The van der Waals surface area contributed by atoms with Crippen molar-refractivity contribution in [2.75, 3.05) is 32.1 Å². The molecule has 0 fully saturated rings. The van der Waals surface area contributed by atoms with Crippen LogP contribution < -0.4 is 10.6 Å². The Kier molecular flexibility index (Phi) is 7.68. The first-order valence-electron chi connectivity index (χ1n) is 8.73. The van der Waals surface area contributed by atoms with Gasteiger partial charge in [-0.1, -0.05) is 11.6 Å². The van der Waals surface area contributed by atoms with Gasteiger partial charge in [-0.3, -0.25) is 4.79 Å². The van der Waals surface area contributed by atoms with E-state index >= 15 is 0 Å². The second-order valence-electron chi connectivity index (χ2n) is 6.11. The summed E-state index contributed by atoms with van der Waals surface area (Å²) in [6, 6.07) is 1.72. The summed E-state index contributed by atoms with van der Waals surface area (Å²) >= 11 is 0. The third-order valence-corrected chi connectivity index (χ3v) is 4.01. The molecule has 1 aliphatic carbocycles. The van der Waals surface area contributed by atoms with Crippen molar-refractivity contribution in [2.45, 2.75) is 45.4 Å². The molecule has 2 N–H and O–H groups in total. The standard InChI is InChI=1S/C18H28N4O2/c1-14-13-16(22-18(21-14)20-10-6-12-24-2)17(23)19-11-9-15-7-4-3-5-8-15/h7,13H,3-6,8-12H2,1-2H3,(H,19,23)(H,20,21,22). The molecule has 0 bridgehead atoms. The number of anilines is 1. The maximum absolute atomic E-state index is 12.3. The van der Waals surface area contributed by atoms with Crippen molar-refractivity contribution in [3.8, 4) is 0 Å². The zero-order valence-corrected chi connectivity index (χ0v) is 14.7. The molecule has 1 amide bonds. The average molecular weight is 332 g/mol. The van der Waals surface area contributed by atoms with E-state index in [-0.39, 0.29) is 5.91 Å². The van der Waals surface area contributed by atoms with E-state index in [1.54, 1.807) is 13.2 Å². The zero-order valence-electron chi connectivity index (χ0n) is 14.7. The van der Waals surface area contributed by atoms with Gasteiger partial charge in [0, 0.05) is 32.5 Å². The van der Waals surface area contributed by atoms with Crippen LogP contribution >= 0.6 is 0 Å². The highest BCUT2D eigenvalue weighted by molar-refractivity contribution is 5.92. The lowest BCUT2D eigenvalue weighted by atomic mass is 9.97. The number of nitrogens with one attached hydrogen (secondary N) is 2. The molecule has 0 unspecified atom stereocenters. The number of carbonyl (C=O) groups is 1. The molecule has 0 aliphatic heterocycles. The highest BCUT2D eigenvalue weighted by Crippen LogP contribution is 2.19. The maximum atomic E-state index is 12.3. The molecule has 6 nitrogen and oxygen atoms in total. The van der Waals surface area contributed by atoms with E-state index in [0.29, 0.717) is 31.3 Å². The molecule has 0 saturated heterocycles. The molecule has 0 radical (unpaired) electrons. The Balaban J connectivity index is 1.83. The fourth-order valence-corrected chi connectivity index (χ4v) is 2.74. The second kappa shape index (κ2) is 10.0. The van der Waals surface area contributed by atoms with E-state index in [0.717, 1.165) is 25.0 Å². The summed E-state index contributed by atoms with van der Waals surface area (Å²) in [4.78, 5) is 20.9. The molecule has 6 heteroatoms. The molecule has 24 heavy (non-hydrogen) atoms. The molecule has 1 aliphatic rings. The summed E-state index contributed by atoms with van der Waals surface area (Å²) in [6.45, 7) is 3.92. The van der Waals surface area contributed by atoms with Crippen LogP contribution in [0, 0.1) is 6.92 Å². The molecule has 0 aromatic carbocycles. The molecular formula is C18H28N4O2. The van der Waals surface area contributed by atoms with E-state index in [2.05, 4.69) is 26.7 Å². The summed E-state index contributed by atoms with van der Waals surface area (Å²) < 4.78 is 5.01. The van der Waals surface area contributed by atoms with Gasteiger partial charge in [-0.15, -0.1) is 0 Å². The lowest BCUT2D eigenvalue weighted by molar-refractivity contribution is 0.0949. The average Bonchev–Trinajstić information content (AvgIpc) is 2.59. The minimum Gasteiger partial charge on any atom is -0.385 e. The van der Waals surface area contributed by atoms with Crippen LogP contribution in [0.1, 0.15) is 54.7 Å². The van der Waals surface area contributed by atoms with E-state index in [9.17, 15) is 4.79 Å². The number of methoxy groups -OCH3 is 1. The number of carbonyl (C=O) groups excluding carboxylic acids is 1. The van der Waals surface area contributed by atoms with Gasteiger partial charge in [0.05, 0.1) is 0 Å². The smallest absolute Gasteiger partial charge is 0.270 e. The molecule has 0 atom stereocenters. The predicted molar refractivity (Wildman–Crippen MR) is 95.3 cm³/mol. The Hall–Kier alpha value is -1.95. The molecule has 1 aromatic rings. The van der Waals surface area contributed by atoms with Gasteiger partial charge in [0.2, 0.25) is 5.95 Å². The summed E-state index contributed by atoms with van der Waals surface area (Å²) in [6.07, 6.45) is 9.00. The molecule has 132 valence electrons. The SMILES string of the molecule is COCCCNc1nc(C)cc(C(=O)NCCC2=CCCCC2)n1. The monoisotopic (exact) mass is 332 g/mol. The van der Waals surface area contributed by atoms with Crippen LogP contribution in [0.15, 0.2) is 17.7 Å². The first-order valence-corrected chi connectivity index (χ1v) is 8.73. The fourth-order valence-electron chi connectivity index (χ4n) is 2.74. The number of amides is 1. The molecule has 1 heterocycles. The van der Waals surface area contributed by atoms with Gasteiger partial charge in [0.25, 0.3) is 5.91 Å². The van der Waals surface area contributed by atoms with Crippen molar-refractivity contribution < 1.29 is 9.53 Å². The van der Waals surface area contributed by atoms with Crippen molar-refractivity contribution >= 4 is 11.9 Å². The molecular weight excluding hydrogens is 304 g/mol. The Morgan fingerprint density at radius 1 is 1.29 bits per heavy atom. The van der Waals surface area contributed by atoms with Crippen molar-refractivity contribution in [3.63, 3.8) is 0 Å². The number of aromatic nitrogens is 2. The number of nitrogens with zero attached hydrogens (tertiary/aromatic N) is 2. The van der Waals surface area contributed by atoms with Crippen LogP contribution in [0.3, 0.4) is 0 Å². The molecule has 2 rings (SSSR count). The van der Waals surface area contributed by atoms with Gasteiger partial charge >= 0.3 is 0 Å². The van der Waals surface area contributed by atoms with Crippen LogP contribution in [-0.4, -0.2) is 42.7 Å². The van der Waals surface area contributed by atoms with Crippen molar-refractivity contribution in [2.24, 2.45) is 0 Å². The lowest BCUT2D eigenvalue weighted by Gasteiger charge is -2.13. The predicted octanol–water partition coefficient (Wildman–Crippen LogP) is 2.85. The van der Waals surface area contributed by atoms with Crippen LogP contribution in [-0.2, 0) is 4.74 Å². The molecule has 1 aromatic heterocycles. The van der Waals surface area contributed by atoms with E-state index in [4.69, 9.17) is 4.74 Å². The summed E-state index contributed by atoms with van der Waals surface area (Å²) in [5.74, 6) is 0.350. The van der Waals surface area contributed by atoms with Crippen LogP contribution in [0.25, 0.3) is 0 Å². The zero-order chi connectivity index (χ0) is 17.2. The van der Waals surface area contributed by atoms with Gasteiger partial charge in [-0.25, -0.2) is 9.97 Å². The highest BCUT2D eigenvalue weighted by Gasteiger charge is 2.11. The summed E-state index contributed by atoms with van der Waals surface area (Å²) in [7, 11) is 1.68. The topological polar surface area (TPSA) is 76.1 Å². The number of ether oxygens (including phenoxy) is 1. The number of aryl methyl sites for hydroxylation is 1. The fraction of sp³-hybridized carbons (Fsp3) is 0.611. The number of hydrogen-bond donors (Lipinski definition) is 2. The van der Waals surface area contributed by atoms with Crippen molar-refractivity contribution in [1.29, 1.82) is 0 Å². The van der Waals surface area contributed by atoms with E-state index < -0.39 is 0 Å². The number of hydrogen-bond acceptors (Lipinski definition) is 5. The minimum atomic E-state index is -0.142. The summed E-state index contributed by atoms with van der Waals surface area (Å²) in [5, 5.41) is 6.09. The highest BCUT2D eigenvalue weighted by atomic mass is 16.5. The van der Waals surface area contributed by atoms with E-state index in [1.165, 1.54) is 24.8 Å². The Morgan fingerprint density at radius 3 is 2.92 bits per heavy atom. The van der Waals surface area contributed by atoms with Crippen LogP contribution in [0.5, 0.6) is 0 Å². The third-order valence-electron chi connectivity index (χ3n) is 4.01. The number of allylic oxidation sites excluding steroid dienone is 1. The van der Waals surface area contributed by atoms with Crippen molar-refractivity contribution in [1.82, 2.24) is 15.3 Å². The quantitative estimate of drug-likeness (QED) is 0.537. The van der Waals surface area contributed by atoms with Crippen molar-refractivity contribution in [3.05, 3.63) is 29.1 Å². The van der Waals surface area contributed by atoms with Gasteiger partial charge in [0.1, 0.15) is 5.69 Å². The van der Waals surface area contributed by atoms with Crippen LogP contribution in [0.2, 0.25) is 0 Å². The van der Waals surface area contributed by atoms with Gasteiger partial charge in [0.15, 0.2) is 0 Å². The second-order valence-corrected chi connectivity index (χ2v) is 6.11. The number of rotatable bonds is 9. The van der Waals surface area contributed by atoms with Gasteiger partial charge < -0.3 is 15.4 Å². The third kappa shape index (κ3) is 6.28. The normalized spacial score (nSPS) is 14.2.